The fraction of sp³-hybridized carbons (Fsp3) is 0.667. The molecule has 1 unspecified atom stereocenters. The molecule has 2 heterocycles. The highest BCUT2D eigenvalue weighted by atomic mass is 16.5. The Morgan fingerprint density at radius 2 is 2.22 bits per heavy atom. The predicted octanol–water partition coefficient (Wildman–Crippen LogP) is 1.33. The molecule has 1 aliphatic rings. The number of rotatable bonds is 4. The van der Waals surface area contributed by atoms with Crippen LogP contribution in [-0.4, -0.2) is 29.3 Å². The van der Waals surface area contributed by atoms with Crippen LogP contribution in [0, 0.1) is 13.8 Å². The Labute approximate surface area is 107 Å². The molecule has 18 heavy (non-hydrogen) atoms. The maximum Gasteiger partial charge on any atom is 0.221 e. The quantitative estimate of drug-likeness (QED) is 0.621. The van der Waals surface area contributed by atoms with E-state index in [2.05, 4.69) is 15.4 Å². The van der Waals surface area contributed by atoms with Crippen molar-refractivity contribution in [1.29, 1.82) is 0 Å². The largest absolute Gasteiger partial charge is 0.475 e. The van der Waals surface area contributed by atoms with Gasteiger partial charge >= 0.3 is 0 Å². The average Bonchev–Trinajstić information content (AvgIpc) is 2.40. The average molecular weight is 252 g/mol. The van der Waals surface area contributed by atoms with Gasteiger partial charge in [-0.05, 0) is 33.1 Å². The summed E-state index contributed by atoms with van der Waals surface area (Å²) in [6, 6.07) is 0. The number of anilines is 1. The van der Waals surface area contributed by atoms with Gasteiger partial charge in [0.05, 0.1) is 11.7 Å². The summed E-state index contributed by atoms with van der Waals surface area (Å²) in [5, 5.41) is 0. The number of ether oxygens (including phenoxy) is 2. The zero-order chi connectivity index (χ0) is 13.0. The summed E-state index contributed by atoms with van der Waals surface area (Å²) in [4.78, 5) is 8.47. The molecule has 1 fully saturated rings. The molecule has 6 heteroatoms. The topological polar surface area (TPSA) is 82.3 Å². The lowest BCUT2D eigenvalue weighted by Crippen LogP contribution is -2.26. The van der Waals surface area contributed by atoms with Crippen LogP contribution >= 0.6 is 0 Å². The zero-order valence-corrected chi connectivity index (χ0v) is 10.9. The standard InChI is InChI=1S/C12H20N4O2/c1-8-11(16-13)14-9(2)15-12(8)18-7-10-5-3-4-6-17-10/h10H,3-7,13H2,1-2H3,(H,14,15,16). The van der Waals surface area contributed by atoms with E-state index in [-0.39, 0.29) is 6.10 Å². The van der Waals surface area contributed by atoms with Gasteiger partial charge in [-0.3, -0.25) is 0 Å². The molecular formula is C12H20N4O2. The number of nitrogen functional groups attached to an aromatic ring is 1. The lowest BCUT2D eigenvalue weighted by Gasteiger charge is -2.22. The Bertz CT molecular complexity index is 405. The second-order valence-electron chi connectivity index (χ2n) is 4.49. The van der Waals surface area contributed by atoms with Crippen molar-refractivity contribution in [1.82, 2.24) is 9.97 Å². The van der Waals surface area contributed by atoms with Crippen LogP contribution in [0.2, 0.25) is 0 Å². The molecule has 0 spiro atoms. The third-order valence-electron chi connectivity index (χ3n) is 3.03. The minimum Gasteiger partial charge on any atom is -0.475 e. The molecule has 1 aromatic heterocycles. The Morgan fingerprint density at radius 1 is 1.39 bits per heavy atom. The number of hydrogen-bond acceptors (Lipinski definition) is 6. The van der Waals surface area contributed by atoms with Crippen molar-refractivity contribution in [3.63, 3.8) is 0 Å². The van der Waals surface area contributed by atoms with Gasteiger partial charge < -0.3 is 14.9 Å². The van der Waals surface area contributed by atoms with Crippen molar-refractivity contribution >= 4 is 5.82 Å². The molecule has 0 aromatic carbocycles. The molecule has 0 bridgehead atoms. The second-order valence-corrected chi connectivity index (χ2v) is 4.49. The van der Waals surface area contributed by atoms with Gasteiger partial charge in [-0.15, -0.1) is 0 Å². The van der Waals surface area contributed by atoms with Crippen LogP contribution in [0.3, 0.4) is 0 Å². The Balaban J connectivity index is 2.01. The molecule has 0 aliphatic carbocycles. The van der Waals surface area contributed by atoms with E-state index < -0.39 is 0 Å². The monoisotopic (exact) mass is 252 g/mol. The van der Waals surface area contributed by atoms with E-state index in [0.717, 1.165) is 25.0 Å². The van der Waals surface area contributed by atoms with Crippen LogP contribution in [0.5, 0.6) is 5.88 Å². The molecule has 1 aliphatic heterocycles. The molecule has 0 radical (unpaired) electrons. The number of hydrogen-bond donors (Lipinski definition) is 2. The third kappa shape index (κ3) is 3.08. The second kappa shape index (κ2) is 5.97. The van der Waals surface area contributed by atoms with Gasteiger partial charge in [0.2, 0.25) is 5.88 Å². The first-order valence-electron chi connectivity index (χ1n) is 6.27. The number of aromatic nitrogens is 2. The van der Waals surface area contributed by atoms with Crippen molar-refractivity contribution in [2.45, 2.75) is 39.2 Å². The van der Waals surface area contributed by atoms with Crippen molar-refractivity contribution < 1.29 is 9.47 Å². The molecule has 100 valence electrons. The summed E-state index contributed by atoms with van der Waals surface area (Å²) >= 11 is 0. The van der Waals surface area contributed by atoms with Crippen molar-refractivity contribution in [2.24, 2.45) is 5.84 Å². The summed E-state index contributed by atoms with van der Waals surface area (Å²) < 4.78 is 11.3. The predicted molar refractivity (Wildman–Crippen MR) is 68.4 cm³/mol. The summed E-state index contributed by atoms with van der Waals surface area (Å²) in [6.07, 6.45) is 3.56. The molecule has 1 aromatic rings. The van der Waals surface area contributed by atoms with Gasteiger partial charge in [0.1, 0.15) is 18.2 Å². The lowest BCUT2D eigenvalue weighted by atomic mass is 10.1. The van der Waals surface area contributed by atoms with Crippen LogP contribution in [-0.2, 0) is 4.74 Å². The van der Waals surface area contributed by atoms with E-state index in [1.165, 1.54) is 6.42 Å². The van der Waals surface area contributed by atoms with E-state index in [1.54, 1.807) is 0 Å². The first-order chi connectivity index (χ1) is 8.70. The van der Waals surface area contributed by atoms with Crippen molar-refractivity contribution in [2.75, 3.05) is 18.6 Å². The molecule has 3 N–H and O–H groups in total. The van der Waals surface area contributed by atoms with Gasteiger partial charge in [-0.25, -0.2) is 10.8 Å². The molecule has 1 saturated heterocycles. The van der Waals surface area contributed by atoms with Gasteiger partial charge in [-0.1, -0.05) is 0 Å². The maximum absolute atomic E-state index is 5.73. The van der Waals surface area contributed by atoms with Crippen LogP contribution in [0.1, 0.15) is 30.7 Å². The maximum atomic E-state index is 5.73. The van der Waals surface area contributed by atoms with Crippen LogP contribution in [0.15, 0.2) is 0 Å². The Hall–Kier alpha value is -1.40. The summed E-state index contributed by atoms with van der Waals surface area (Å²) in [5.41, 5.74) is 3.37. The van der Waals surface area contributed by atoms with E-state index in [0.29, 0.717) is 24.1 Å². The highest BCUT2D eigenvalue weighted by molar-refractivity contribution is 5.47. The van der Waals surface area contributed by atoms with E-state index in [4.69, 9.17) is 15.3 Å². The van der Waals surface area contributed by atoms with E-state index in [1.807, 2.05) is 13.8 Å². The first kappa shape index (κ1) is 13.0. The summed E-state index contributed by atoms with van der Waals surface area (Å²) in [7, 11) is 0. The van der Waals surface area contributed by atoms with Crippen LogP contribution in [0.25, 0.3) is 0 Å². The van der Waals surface area contributed by atoms with Crippen molar-refractivity contribution in [3.05, 3.63) is 11.4 Å². The SMILES string of the molecule is Cc1nc(NN)c(C)c(OCC2CCCCO2)n1. The van der Waals surface area contributed by atoms with E-state index in [9.17, 15) is 0 Å². The fourth-order valence-electron chi connectivity index (χ4n) is 1.99. The molecule has 6 nitrogen and oxygen atoms in total. The highest BCUT2D eigenvalue weighted by Crippen LogP contribution is 2.22. The first-order valence-corrected chi connectivity index (χ1v) is 6.27. The van der Waals surface area contributed by atoms with Crippen LogP contribution < -0.4 is 16.0 Å². The molecule has 0 saturated carbocycles. The lowest BCUT2D eigenvalue weighted by molar-refractivity contribution is -0.0121. The van der Waals surface area contributed by atoms with Gasteiger partial charge in [0.25, 0.3) is 0 Å². The highest BCUT2D eigenvalue weighted by Gasteiger charge is 2.16. The molecular weight excluding hydrogens is 232 g/mol. The van der Waals surface area contributed by atoms with E-state index >= 15 is 0 Å². The fourth-order valence-corrected chi connectivity index (χ4v) is 1.99. The van der Waals surface area contributed by atoms with Crippen molar-refractivity contribution in [3.8, 4) is 5.88 Å². The smallest absolute Gasteiger partial charge is 0.221 e. The van der Waals surface area contributed by atoms with Gasteiger partial charge in [-0.2, -0.15) is 4.98 Å². The normalized spacial score (nSPS) is 19.6. The number of nitrogens with one attached hydrogen (secondary N) is 1. The zero-order valence-electron chi connectivity index (χ0n) is 10.9. The summed E-state index contributed by atoms with van der Waals surface area (Å²) in [5.74, 6) is 7.21. The number of nitrogens with two attached hydrogens (primary N) is 1. The Kier molecular flexibility index (Phi) is 4.33. The summed E-state index contributed by atoms with van der Waals surface area (Å²) in [6.45, 7) is 5.04. The number of aryl methyl sites for hydroxylation is 1. The molecule has 0 amide bonds. The number of hydrazine groups is 1. The molecule has 2 rings (SSSR count). The van der Waals surface area contributed by atoms with Crippen LogP contribution in [0.4, 0.5) is 5.82 Å². The van der Waals surface area contributed by atoms with Gasteiger partial charge in [0.15, 0.2) is 0 Å². The minimum absolute atomic E-state index is 0.169. The third-order valence-corrected chi connectivity index (χ3v) is 3.03. The van der Waals surface area contributed by atoms with Gasteiger partial charge in [0, 0.05) is 6.61 Å². The number of nitrogens with zero attached hydrogens (tertiary/aromatic N) is 2. The molecule has 1 atom stereocenters. The minimum atomic E-state index is 0.169. The Morgan fingerprint density at radius 3 is 2.89 bits per heavy atom.